The van der Waals surface area contributed by atoms with Crippen molar-refractivity contribution in [3.63, 3.8) is 0 Å². The van der Waals surface area contributed by atoms with Gasteiger partial charge in [0.15, 0.2) is 0 Å². The first-order valence-electron chi connectivity index (χ1n) is 22.2. The number of carbonyl (C=O) groups is 11. The number of nitrogens with one attached hydrogen (secondary N) is 7. The third-order valence-corrected chi connectivity index (χ3v) is 11.0. The molecule has 10 atom stereocenters. The van der Waals surface area contributed by atoms with Crippen LogP contribution in [0.3, 0.4) is 0 Å². The van der Waals surface area contributed by atoms with E-state index in [1.807, 2.05) is 6.92 Å². The summed E-state index contributed by atoms with van der Waals surface area (Å²) in [4.78, 5) is 142. The fraction of sp³-hybridized carbons (Fsp3) is 0.738. The van der Waals surface area contributed by atoms with Gasteiger partial charge in [-0.3, -0.25) is 43.2 Å². The van der Waals surface area contributed by atoms with Crippen molar-refractivity contribution in [1.82, 2.24) is 42.1 Å². The summed E-state index contributed by atoms with van der Waals surface area (Å²) in [6.07, 6.45) is 1.98. The Labute approximate surface area is 379 Å². The van der Waals surface area contributed by atoms with E-state index in [9.17, 15) is 63.0 Å². The van der Waals surface area contributed by atoms with Gasteiger partial charge in [-0.2, -0.15) is 0 Å². The molecule has 12 N–H and O–H groups in total. The lowest BCUT2D eigenvalue weighted by Gasteiger charge is -2.32. The number of carboxylic acid groups (broad SMARTS) is 2. The van der Waals surface area contributed by atoms with Gasteiger partial charge >= 0.3 is 11.9 Å². The summed E-state index contributed by atoms with van der Waals surface area (Å²) in [6.45, 7) is 10.9. The molecule has 1 rings (SSSR count). The topological polar surface area (TPSA) is 362 Å². The molecule has 0 radical (unpaired) electrons. The van der Waals surface area contributed by atoms with E-state index in [1.165, 1.54) is 18.7 Å². The standard InChI is InChI=1S/C42H71N9O14/c1-8-10-11-14-26(37(59)48-29(21-53)38(60)47-28(42(64)65)17-18-31(54)55)46-36(58)27(15-13-20-52)45-35(57)25(7)44-40(62)33(23(5)9-2)50-39(61)30-16-12-19-51(30)41(63)32(22(3)4)49-34(56)24(6)43/h20,22-30,32-33,53H,8-19,21,43H2,1-7H3,(H,44,62)(H,45,57)(H,46,58)(H,47,60)(H,48,59)(H,49,56)(H,50,61)(H,54,55)(H,64,65)/t23?,24-,25-,26-,27-,28-,29-,30-,32-,33-/m0/s1. The summed E-state index contributed by atoms with van der Waals surface area (Å²) in [7, 11) is 0. The Morgan fingerprint density at radius 1 is 0.677 bits per heavy atom. The van der Waals surface area contributed by atoms with Gasteiger partial charge in [0.25, 0.3) is 0 Å². The number of hydrogen-bond acceptors (Lipinski definition) is 13. The summed E-state index contributed by atoms with van der Waals surface area (Å²) >= 11 is 0. The molecular formula is C42H71N9O14. The van der Waals surface area contributed by atoms with Crippen molar-refractivity contribution in [1.29, 1.82) is 0 Å². The van der Waals surface area contributed by atoms with Crippen molar-refractivity contribution in [2.75, 3.05) is 13.2 Å². The number of rotatable bonds is 30. The van der Waals surface area contributed by atoms with Gasteiger partial charge in [-0.1, -0.05) is 60.3 Å². The van der Waals surface area contributed by atoms with Crippen LogP contribution >= 0.6 is 0 Å². The van der Waals surface area contributed by atoms with Gasteiger partial charge in [-0.05, 0) is 57.8 Å². The van der Waals surface area contributed by atoms with E-state index in [2.05, 4.69) is 37.2 Å². The molecule has 23 heteroatoms. The highest BCUT2D eigenvalue weighted by atomic mass is 16.4. The number of aliphatic hydroxyl groups is 1. The Morgan fingerprint density at radius 2 is 1.25 bits per heavy atom. The van der Waals surface area contributed by atoms with Crippen LogP contribution in [0.2, 0.25) is 0 Å². The third kappa shape index (κ3) is 19.1. The molecule has 23 nitrogen and oxygen atoms in total. The molecule has 1 aliphatic heterocycles. The van der Waals surface area contributed by atoms with Crippen LogP contribution in [-0.2, 0) is 52.7 Å². The highest BCUT2D eigenvalue weighted by Crippen LogP contribution is 2.22. The maximum Gasteiger partial charge on any atom is 0.326 e. The van der Waals surface area contributed by atoms with E-state index in [0.29, 0.717) is 44.8 Å². The minimum absolute atomic E-state index is 0.0281. The van der Waals surface area contributed by atoms with E-state index in [0.717, 1.165) is 0 Å². The summed E-state index contributed by atoms with van der Waals surface area (Å²) in [6, 6.07) is -11.4. The molecule has 0 saturated carbocycles. The van der Waals surface area contributed by atoms with Crippen LogP contribution in [0.25, 0.3) is 0 Å². The zero-order valence-electron chi connectivity index (χ0n) is 38.5. The molecule has 0 aliphatic carbocycles. The maximum atomic E-state index is 13.8. The van der Waals surface area contributed by atoms with Crippen molar-refractivity contribution in [3.05, 3.63) is 0 Å². The van der Waals surface area contributed by atoms with Gasteiger partial charge in [-0.15, -0.1) is 0 Å². The molecule has 8 amide bonds. The number of nitrogens with two attached hydrogens (primary N) is 1. The molecule has 65 heavy (non-hydrogen) atoms. The minimum atomic E-state index is -1.70. The predicted octanol–water partition coefficient (Wildman–Crippen LogP) is -2.06. The number of unbranched alkanes of at least 4 members (excludes halogenated alkanes) is 2. The summed E-state index contributed by atoms with van der Waals surface area (Å²) in [5.74, 6) is -9.83. The van der Waals surface area contributed by atoms with Crippen LogP contribution in [0.1, 0.15) is 119 Å². The summed E-state index contributed by atoms with van der Waals surface area (Å²) in [5.41, 5.74) is 5.70. The number of aliphatic carboxylic acids is 2. The molecule has 0 bridgehead atoms. The number of hydrogen-bond donors (Lipinski definition) is 11. The zero-order chi connectivity index (χ0) is 49.6. The first kappa shape index (κ1) is 57.3. The molecule has 1 unspecified atom stereocenters. The van der Waals surface area contributed by atoms with Crippen molar-refractivity contribution < 1.29 is 68.1 Å². The van der Waals surface area contributed by atoms with Gasteiger partial charge < -0.3 is 68.0 Å². The van der Waals surface area contributed by atoms with Gasteiger partial charge in [0.05, 0.1) is 12.6 Å². The second-order valence-corrected chi connectivity index (χ2v) is 16.7. The lowest BCUT2D eigenvalue weighted by molar-refractivity contribution is -0.144. The normalized spacial score (nSPS) is 17.6. The van der Waals surface area contributed by atoms with E-state index in [1.54, 1.807) is 27.7 Å². The Hall–Kier alpha value is -5.71. The first-order chi connectivity index (χ1) is 30.5. The third-order valence-electron chi connectivity index (χ3n) is 11.0. The lowest BCUT2D eigenvalue weighted by Crippen LogP contribution is -2.61. The van der Waals surface area contributed by atoms with Crippen LogP contribution < -0.4 is 43.0 Å². The number of carboxylic acids is 2. The molecule has 1 heterocycles. The van der Waals surface area contributed by atoms with E-state index < -0.39 is 139 Å². The van der Waals surface area contributed by atoms with Gasteiger partial charge in [-0.25, -0.2) is 4.79 Å². The van der Waals surface area contributed by atoms with Gasteiger partial charge in [0, 0.05) is 19.4 Å². The fourth-order valence-electron chi connectivity index (χ4n) is 6.80. The maximum absolute atomic E-state index is 13.8. The van der Waals surface area contributed by atoms with Crippen LogP contribution in [0.4, 0.5) is 0 Å². The molecule has 0 aromatic carbocycles. The molecular weight excluding hydrogens is 855 g/mol. The average Bonchev–Trinajstić information content (AvgIpc) is 3.75. The number of likely N-dealkylation sites (tertiary alicyclic amines) is 1. The highest BCUT2D eigenvalue weighted by Gasteiger charge is 2.41. The first-order valence-corrected chi connectivity index (χ1v) is 22.2. The SMILES string of the molecule is CCCCC[C@H](NC(=O)[C@H](CCC=O)NC(=O)[C@H](C)NC(=O)[C@@H](NC(=O)[C@@H]1CCCN1C(=O)[C@@H](NC(=O)[C@H](C)N)C(C)C)C(C)CC)C(=O)N[C@@H](CO)C(=O)N[C@@H](CCC(=O)O)C(=O)O. The second kappa shape index (κ2) is 29.0. The quantitative estimate of drug-likeness (QED) is 0.0273. The summed E-state index contributed by atoms with van der Waals surface area (Å²) in [5, 5.41) is 45.5. The smallest absolute Gasteiger partial charge is 0.326 e. The molecule has 1 aliphatic rings. The Bertz CT molecular complexity index is 1680. The van der Waals surface area contributed by atoms with Crippen molar-refractivity contribution >= 4 is 65.5 Å². The number of aldehydes is 1. The zero-order valence-corrected chi connectivity index (χ0v) is 38.5. The second-order valence-electron chi connectivity index (χ2n) is 16.7. The molecule has 1 fully saturated rings. The van der Waals surface area contributed by atoms with Crippen molar-refractivity contribution in [2.24, 2.45) is 17.6 Å². The molecule has 0 aromatic heterocycles. The minimum Gasteiger partial charge on any atom is -0.481 e. The van der Waals surface area contributed by atoms with Gasteiger partial charge in [0.1, 0.15) is 54.6 Å². The van der Waals surface area contributed by atoms with E-state index in [-0.39, 0.29) is 31.7 Å². The van der Waals surface area contributed by atoms with Crippen molar-refractivity contribution in [2.45, 2.75) is 173 Å². The van der Waals surface area contributed by atoms with Crippen LogP contribution in [0.15, 0.2) is 0 Å². The van der Waals surface area contributed by atoms with Crippen LogP contribution in [0.5, 0.6) is 0 Å². The van der Waals surface area contributed by atoms with Crippen LogP contribution in [-0.4, -0.2) is 153 Å². The summed E-state index contributed by atoms with van der Waals surface area (Å²) < 4.78 is 0. The number of aliphatic hydroxyl groups excluding tert-OH is 1. The van der Waals surface area contributed by atoms with Gasteiger partial charge in [0.2, 0.25) is 47.3 Å². The van der Waals surface area contributed by atoms with E-state index >= 15 is 0 Å². The highest BCUT2D eigenvalue weighted by molar-refractivity contribution is 5.98. The molecule has 368 valence electrons. The molecule has 0 spiro atoms. The fourth-order valence-corrected chi connectivity index (χ4v) is 6.80. The Kier molecular flexibility index (Phi) is 25.5. The monoisotopic (exact) mass is 926 g/mol. The average molecular weight is 926 g/mol. The Morgan fingerprint density at radius 3 is 1.77 bits per heavy atom. The van der Waals surface area contributed by atoms with Crippen LogP contribution in [0, 0.1) is 11.8 Å². The number of nitrogens with zero attached hydrogens (tertiary/aromatic N) is 1. The Balaban J connectivity index is 3.19. The van der Waals surface area contributed by atoms with Crippen molar-refractivity contribution in [3.8, 4) is 0 Å². The lowest BCUT2D eigenvalue weighted by atomic mass is 9.97. The largest absolute Gasteiger partial charge is 0.481 e. The molecule has 0 aromatic rings. The predicted molar refractivity (Wildman–Crippen MR) is 233 cm³/mol. The van der Waals surface area contributed by atoms with E-state index in [4.69, 9.17) is 10.8 Å². The molecule has 1 saturated heterocycles. The number of amides is 8. The number of carbonyl (C=O) groups excluding carboxylic acids is 9.